The van der Waals surface area contributed by atoms with Crippen LogP contribution in [0.5, 0.6) is 0 Å². The van der Waals surface area contributed by atoms with Crippen molar-refractivity contribution in [3.05, 3.63) is 64.1 Å². The highest BCUT2D eigenvalue weighted by Crippen LogP contribution is 2.29. The van der Waals surface area contributed by atoms with E-state index in [1.165, 1.54) is 43.5 Å². The first-order chi connectivity index (χ1) is 19.2. The van der Waals surface area contributed by atoms with Crippen molar-refractivity contribution >= 4 is 33.9 Å². The Balaban J connectivity index is 1.37. The van der Waals surface area contributed by atoms with Crippen LogP contribution < -0.4 is 5.56 Å². The van der Waals surface area contributed by atoms with Crippen LogP contribution in [0.3, 0.4) is 0 Å². The average Bonchev–Trinajstić information content (AvgIpc) is 3.33. The summed E-state index contributed by atoms with van der Waals surface area (Å²) in [6.07, 6.45) is 12.9. The van der Waals surface area contributed by atoms with Crippen LogP contribution in [0.1, 0.15) is 63.1 Å². The Bertz CT molecular complexity index is 1570. The number of H-pyrrole nitrogens is 1. The molecule has 0 unspecified atom stereocenters. The summed E-state index contributed by atoms with van der Waals surface area (Å²) < 4.78 is 2.36. The van der Waals surface area contributed by atoms with Gasteiger partial charge in [0.05, 0.1) is 28.6 Å². The monoisotopic (exact) mass is 522 g/mol. The third-order valence-electron chi connectivity index (χ3n) is 8.08. The quantitative estimate of drug-likeness (QED) is 0.292. The Labute approximate surface area is 229 Å². The molecule has 0 atom stereocenters. The van der Waals surface area contributed by atoms with E-state index < -0.39 is 0 Å². The summed E-state index contributed by atoms with van der Waals surface area (Å²) in [6.45, 7) is 7.29. The number of rotatable bonds is 9. The van der Waals surface area contributed by atoms with Crippen LogP contribution in [0.15, 0.2) is 52.3 Å². The molecule has 202 valence electrons. The zero-order chi connectivity index (χ0) is 26.6. The molecule has 1 saturated heterocycles. The fourth-order valence-corrected chi connectivity index (χ4v) is 5.88. The van der Waals surface area contributed by atoms with Crippen LogP contribution in [0.2, 0.25) is 0 Å². The van der Waals surface area contributed by atoms with Crippen molar-refractivity contribution in [3.63, 3.8) is 0 Å². The summed E-state index contributed by atoms with van der Waals surface area (Å²) >= 11 is 0. The van der Waals surface area contributed by atoms with E-state index in [1.807, 2.05) is 12.3 Å². The van der Waals surface area contributed by atoms with Crippen LogP contribution in [-0.2, 0) is 13.0 Å². The Morgan fingerprint density at radius 3 is 2.51 bits per heavy atom. The van der Waals surface area contributed by atoms with Crippen molar-refractivity contribution in [2.24, 2.45) is 4.99 Å². The largest absolute Gasteiger partial charge is 0.324 e. The number of nitrogens with one attached hydrogen (secondary N) is 1. The maximum absolute atomic E-state index is 12.7. The van der Waals surface area contributed by atoms with Crippen LogP contribution in [0, 0.1) is 0 Å². The number of allylic oxidation sites excluding steroid dienone is 1. The number of hydrogen-bond acceptors (Lipinski definition) is 5. The average molecular weight is 523 g/mol. The van der Waals surface area contributed by atoms with E-state index >= 15 is 0 Å². The highest BCUT2D eigenvalue weighted by Gasteiger charge is 2.17. The molecule has 2 aromatic heterocycles. The minimum Gasteiger partial charge on any atom is -0.324 e. The molecule has 39 heavy (non-hydrogen) atoms. The second kappa shape index (κ2) is 11.7. The fourth-order valence-electron chi connectivity index (χ4n) is 5.88. The van der Waals surface area contributed by atoms with E-state index in [-0.39, 0.29) is 5.56 Å². The van der Waals surface area contributed by atoms with Crippen molar-refractivity contribution in [2.45, 2.75) is 64.8 Å². The summed E-state index contributed by atoms with van der Waals surface area (Å²) in [5, 5.41) is 0. The van der Waals surface area contributed by atoms with Gasteiger partial charge in [-0.1, -0.05) is 50.1 Å². The lowest BCUT2D eigenvalue weighted by Crippen LogP contribution is -2.31. The van der Waals surface area contributed by atoms with Gasteiger partial charge < -0.3 is 14.5 Å². The maximum atomic E-state index is 12.7. The molecule has 0 radical (unpaired) electrons. The smallest absolute Gasteiger partial charge is 0.270 e. The third-order valence-corrected chi connectivity index (χ3v) is 8.08. The Morgan fingerprint density at radius 2 is 1.74 bits per heavy atom. The normalized spacial score (nSPS) is 16.3. The number of aromatic amines is 1. The van der Waals surface area contributed by atoms with Gasteiger partial charge in [0.15, 0.2) is 0 Å². The summed E-state index contributed by atoms with van der Waals surface area (Å²) in [7, 11) is 0. The molecule has 2 aromatic carbocycles. The molecule has 1 N–H and O–H groups in total. The molecule has 2 aliphatic rings. The van der Waals surface area contributed by atoms with Gasteiger partial charge in [0.2, 0.25) is 0 Å². The minimum atomic E-state index is -0.0894. The molecule has 0 aliphatic carbocycles. The van der Waals surface area contributed by atoms with Crippen molar-refractivity contribution in [3.8, 4) is 11.4 Å². The second-order valence-corrected chi connectivity index (χ2v) is 10.9. The number of nitrogens with zero attached hydrogens (tertiary/aromatic N) is 5. The van der Waals surface area contributed by atoms with Crippen LogP contribution in [0.25, 0.3) is 39.0 Å². The van der Waals surface area contributed by atoms with Crippen molar-refractivity contribution in [2.75, 3.05) is 26.2 Å². The van der Waals surface area contributed by atoms with E-state index in [1.54, 1.807) is 0 Å². The Kier molecular flexibility index (Phi) is 7.68. The standard InChI is InChI=1S/C32H38N6O/c1-2-3-10-26-32(39)36-27-20-29-30(21-28(27)34-26)38(19-8-18-37-16-5-4-6-17-37)31(35-29)24-13-11-23(12-14-24)25-9-7-15-33-22-25/h9,11-15,20-21H,2-8,10,16-19,22H2,1H3,(H,36,39). The van der Waals surface area contributed by atoms with E-state index in [4.69, 9.17) is 9.97 Å². The zero-order valence-electron chi connectivity index (χ0n) is 23.0. The molecule has 0 spiro atoms. The highest BCUT2D eigenvalue weighted by molar-refractivity contribution is 5.93. The summed E-state index contributed by atoms with van der Waals surface area (Å²) in [5.74, 6) is 0.967. The van der Waals surface area contributed by atoms with E-state index in [0.717, 1.165) is 78.8 Å². The predicted octanol–water partition coefficient (Wildman–Crippen LogP) is 6.02. The number of imidazole rings is 1. The number of aryl methyl sites for hydroxylation is 2. The van der Waals surface area contributed by atoms with Gasteiger partial charge in [-0.15, -0.1) is 0 Å². The molecule has 7 nitrogen and oxygen atoms in total. The number of aliphatic imine (C=N–C) groups is 1. The number of dihydropyridines is 1. The number of aromatic nitrogens is 4. The number of hydrogen-bond donors (Lipinski definition) is 1. The lowest BCUT2D eigenvalue weighted by Gasteiger charge is -2.26. The first kappa shape index (κ1) is 25.7. The van der Waals surface area contributed by atoms with E-state index in [0.29, 0.717) is 12.1 Å². The third kappa shape index (κ3) is 5.59. The first-order valence-corrected chi connectivity index (χ1v) is 14.6. The molecular weight excluding hydrogens is 484 g/mol. The summed E-state index contributed by atoms with van der Waals surface area (Å²) in [6, 6.07) is 12.8. The Hall–Kier alpha value is -3.58. The lowest BCUT2D eigenvalue weighted by atomic mass is 10.0. The molecule has 4 heterocycles. The zero-order valence-corrected chi connectivity index (χ0v) is 23.0. The number of benzene rings is 2. The van der Waals surface area contributed by atoms with Gasteiger partial charge >= 0.3 is 0 Å². The lowest BCUT2D eigenvalue weighted by molar-refractivity contribution is 0.223. The van der Waals surface area contributed by atoms with Gasteiger partial charge in [0, 0.05) is 24.7 Å². The molecule has 0 bridgehead atoms. The predicted molar refractivity (Wildman–Crippen MR) is 161 cm³/mol. The van der Waals surface area contributed by atoms with Crippen molar-refractivity contribution < 1.29 is 0 Å². The molecule has 2 aliphatic heterocycles. The fraction of sp³-hybridized carbons (Fsp3) is 0.438. The van der Waals surface area contributed by atoms with Crippen molar-refractivity contribution in [1.82, 2.24) is 24.4 Å². The van der Waals surface area contributed by atoms with Crippen molar-refractivity contribution in [1.29, 1.82) is 0 Å². The van der Waals surface area contributed by atoms with Gasteiger partial charge in [0.25, 0.3) is 5.56 Å². The van der Waals surface area contributed by atoms with Gasteiger partial charge in [-0.3, -0.25) is 9.79 Å². The second-order valence-electron chi connectivity index (χ2n) is 10.9. The maximum Gasteiger partial charge on any atom is 0.270 e. The number of fused-ring (bicyclic) bond motifs is 2. The molecule has 7 heteroatoms. The molecule has 6 rings (SSSR count). The minimum absolute atomic E-state index is 0.0894. The van der Waals surface area contributed by atoms with Gasteiger partial charge in [-0.25, -0.2) is 9.97 Å². The van der Waals surface area contributed by atoms with E-state index in [9.17, 15) is 4.79 Å². The highest BCUT2D eigenvalue weighted by atomic mass is 16.1. The summed E-state index contributed by atoms with van der Waals surface area (Å²) in [5.41, 5.74) is 7.67. The molecule has 0 saturated carbocycles. The number of piperidine rings is 1. The van der Waals surface area contributed by atoms with Crippen LogP contribution in [0.4, 0.5) is 0 Å². The molecule has 0 amide bonds. The molecule has 1 fully saturated rings. The number of unbranched alkanes of at least 4 members (excludes halogenated alkanes) is 1. The van der Waals surface area contributed by atoms with Crippen LogP contribution >= 0.6 is 0 Å². The Morgan fingerprint density at radius 1 is 0.923 bits per heavy atom. The van der Waals surface area contributed by atoms with E-state index in [2.05, 4.69) is 62.8 Å². The first-order valence-electron chi connectivity index (χ1n) is 14.6. The molecule has 4 aromatic rings. The van der Waals surface area contributed by atoms with Crippen LogP contribution in [-0.4, -0.2) is 56.8 Å². The molecular formula is C32H38N6O. The van der Waals surface area contributed by atoms with Gasteiger partial charge in [0.1, 0.15) is 11.5 Å². The number of likely N-dealkylation sites (tertiary alicyclic amines) is 1. The SMILES string of the molecule is CCCCc1nc2cc3c(cc2[nH]c1=O)nc(-c1ccc(C2=CCC=NC2)cc1)n3CCCN1CCCCC1. The summed E-state index contributed by atoms with van der Waals surface area (Å²) in [4.78, 5) is 32.7. The van der Waals surface area contributed by atoms with Gasteiger partial charge in [-0.2, -0.15) is 0 Å². The van der Waals surface area contributed by atoms with Gasteiger partial charge in [-0.05, 0) is 75.0 Å². The topological polar surface area (TPSA) is 79.2 Å².